The van der Waals surface area contributed by atoms with Gasteiger partial charge in [-0.25, -0.2) is 4.79 Å². The molecule has 6 nitrogen and oxygen atoms in total. The van der Waals surface area contributed by atoms with Crippen LogP contribution in [-0.4, -0.2) is 37.4 Å². The minimum Gasteiger partial charge on any atom is -0.445 e. The summed E-state index contributed by atoms with van der Waals surface area (Å²) in [5.41, 5.74) is 0.914. The van der Waals surface area contributed by atoms with E-state index < -0.39 is 11.9 Å². The molecular weight excluding hydrogens is 298 g/mol. The summed E-state index contributed by atoms with van der Waals surface area (Å²) in [5, 5.41) is 2.79. The summed E-state index contributed by atoms with van der Waals surface area (Å²) >= 11 is 0. The average molecular weight is 319 g/mol. The number of benzene rings is 1. The van der Waals surface area contributed by atoms with E-state index in [1.165, 1.54) is 0 Å². The van der Waals surface area contributed by atoms with Crippen molar-refractivity contribution in [2.24, 2.45) is 5.92 Å². The van der Waals surface area contributed by atoms with Crippen molar-refractivity contribution in [2.45, 2.75) is 37.7 Å². The Labute approximate surface area is 135 Å². The molecule has 3 rings (SSSR count). The highest BCUT2D eigenvalue weighted by molar-refractivity contribution is 5.69. The second kappa shape index (κ2) is 7.10. The molecule has 23 heavy (non-hydrogen) atoms. The lowest BCUT2D eigenvalue weighted by Crippen LogP contribution is -2.51. The minimum absolute atomic E-state index is 0.198. The van der Waals surface area contributed by atoms with Gasteiger partial charge in [-0.1, -0.05) is 30.3 Å². The predicted molar refractivity (Wildman–Crippen MR) is 81.6 cm³/mol. The van der Waals surface area contributed by atoms with Gasteiger partial charge in [0.1, 0.15) is 12.9 Å². The minimum atomic E-state index is -0.656. The molecule has 1 heterocycles. The van der Waals surface area contributed by atoms with E-state index in [1.54, 1.807) is 0 Å². The van der Waals surface area contributed by atoms with Crippen LogP contribution in [0.1, 0.15) is 24.8 Å². The average Bonchev–Trinajstić information content (AvgIpc) is 3.02. The first kappa shape index (κ1) is 16.0. The molecule has 1 aliphatic carbocycles. The van der Waals surface area contributed by atoms with Crippen LogP contribution in [0.2, 0.25) is 0 Å². The van der Waals surface area contributed by atoms with Gasteiger partial charge in [0.25, 0.3) is 0 Å². The highest BCUT2D eigenvalue weighted by Gasteiger charge is 2.45. The summed E-state index contributed by atoms with van der Waals surface area (Å²) in [5.74, 6) is -0.894. The molecule has 2 fully saturated rings. The molecule has 0 radical (unpaired) electrons. The van der Waals surface area contributed by atoms with Gasteiger partial charge in [-0.05, 0) is 12.0 Å². The van der Waals surface area contributed by atoms with E-state index in [4.69, 9.17) is 14.2 Å². The first-order valence-corrected chi connectivity index (χ1v) is 7.91. The van der Waals surface area contributed by atoms with E-state index in [0.717, 1.165) is 11.8 Å². The topological polar surface area (TPSA) is 73.9 Å². The number of aldehydes is 1. The molecule has 2 aliphatic rings. The van der Waals surface area contributed by atoms with Crippen LogP contribution in [0.25, 0.3) is 0 Å². The molecule has 0 unspecified atom stereocenters. The second-order valence-corrected chi connectivity index (χ2v) is 5.96. The van der Waals surface area contributed by atoms with Crippen LogP contribution in [0.4, 0.5) is 4.79 Å². The predicted octanol–water partition coefficient (Wildman–Crippen LogP) is 2.02. The van der Waals surface area contributed by atoms with Crippen LogP contribution >= 0.6 is 0 Å². The summed E-state index contributed by atoms with van der Waals surface area (Å²) in [6.45, 7) is 1.30. The molecule has 1 saturated heterocycles. The molecule has 1 saturated carbocycles. The SMILES string of the molecule is O=C[C@@H]1CCC2(C[C@H]1NC(=O)OCc1ccccc1)OCCO2. The summed E-state index contributed by atoms with van der Waals surface area (Å²) in [6, 6.07) is 9.12. The normalized spacial score (nSPS) is 25.9. The zero-order chi connectivity index (χ0) is 16.1. The quantitative estimate of drug-likeness (QED) is 0.860. The van der Waals surface area contributed by atoms with Crippen molar-refractivity contribution in [1.82, 2.24) is 5.32 Å². The summed E-state index contributed by atoms with van der Waals surface area (Å²) in [6.07, 6.45) is 2.14. The Morgan fingerprint density at radius 1 is 1.30 bits per heavy atom. The van der Waals surface area contributed by atoms with Crippen molar-refractivity contribution >= 4 is 12.4 Å². The van der Waals surface area contributed by atoms with Crippen LogP contribution in [0.3, 0.4) is 0 Å². The number of carbonyl (C=O) groups excluding carboxylic acids is 2. The third-order valence-electron chi connectivity index (χ3n) is 4.41. The van der Waals surface area contributed by atoms with Crippen molar-refractivity contribution in [3.63, 3.8) is 0 Å². The zero-order valence-corrected chi connectivity index (χ0v) is 12.9. The van der Waals surface area contributed by atoms with Crippen LogP contribution in [-0.2, 0) is 25.6 Å². The van der Waals surface area contributed by atoms with E-state index in [-0.39, 0.29) is 18.6 Å². The molecular formula is C17H21NO5. The second-order valence-electron chi connectivity index (χ2n) is 5.96. The Bertz CT molecular complexity index is 541. The van der Waals surface area contributed by atoms with Gasteiger partial charge in [0.05, 0.1) is 13.2 Å². The number of hydrogen-bond acceptors (Lipinski definition) is 5. The maximum atomic E-state index is 12.0. The van der Waals surface area contributed by atoms with E-state index >= 15 is 0 Å². The number of carbonyl (C=O) groups is 2. The third kappa shape index (κ3) is 3.89. The van der Waals surface area contributed by atoms with Crippen molar-refractivity contribution in [3.05, 3.63) is 35.9 Å². The molecule has 2 atom stereocenters. The van der Waals surface area contributed by atoms with E-state index in [9.17, 15) is 9.59 Å². The molecule has 1 N–H and O–H groups in total. The number of alkyl carbamates (subject to hydrolysis) is 1. The van der Waals surface area contributed by atoms with Crippen LogP contribution < -0.4 is 5.32 Å². The van der Waals surface area contributed by atoms with E-state index in [1.807, 2.05) is 30.3 Å². The molecule has 1 aromatic carbocycles. The first-order valence-electron chi connectivity index (χ1n) is 7.91. The number of hydrogen-bond donors (Lipinski definition) is 1. The van der Waals surface area contributed by atoms with Crippen molar-refractivity contribution in [3.8, 4) is 0 Å². The lowest BCUT2D eigenvalue weighted by atomic mass is 9.81. The Balaban J connectivity index is 1.55. The molecule has 1 amide bonds. The van der Waals surface area contributed by atoms with Gasteiger partial charge in [-0.15, -0.1) is 0 Å². The van der Waals surface area contributed by atoms with Gasteiger partial charge in [0, 0.05) is 24.8 Å². The Hall–Kier alpha value is -1.92. The Morgan fingerprint density at radius 3 is 2.74 bits per heavy atom. The van der Waals surface area contributed by atoms with E-state index in [0.29, 0.717) is 32.5 Å². The molecule has 1 aromatic rings. The van der Waals surface area contributed by atoms with E-state index in [2.05, 4.69) is 5.32 Å². The molecule has 6 heteroatoms. The fraction of sp³-hybridized carbons (Fsp3) is 0.529. The summed E-state index contributed by atoms with van der Waals surface area (Å²) < 4.78 is 16.6. The van der Waals surface area contributed by atoms with Gasteiger partial charge in [0.15, 0.2) is 5.79 Å². The van der Waals surface area contributed by atoms with Crippen LogP contribution in [0.5, 0.6) is 0 Å². The molecule has 1 aliphatic heterocycles. The lowest BCUT2D eigenvalue weighted by Gasteiger charge is -2.39. The van der Waals surface area contributed by atoms with Gasteiger partial charge in [-0.2, -0.15) is 0 Å². The molecule has 1 spiro atoms. The summed E-state index contributed by atoms with van der Waals surface area (Å²) in [7, 11) is 0. The highest BCUT2D eigenvalue weighted by Crippen LogP contribution is 2.37. The van der Waals surface area contributed by atoms with Gasteiger partial charge >= 0.3 is 6.09 Å². The largest absolute Gasteiger partial charge is 0.445 e. The molecule has 124 valence electrons. The fourth-order valence-electron chi connectivity index (χ4n) is 3.17. The number of nitrogens with one attached hydrogen (secondary N) is 1. The highest BCUT2D eigenvalue weighted by atomic mass is 16.7. The van der Waals surface area contributed by atoms with Gasteiger partial charge in [0.2, 0.25) is 0 Å². The maximum absolute atomic E-state index is 12.0. The standard InChI is InChI=1S/C17H21NO5/c19-11-14-6-7-17(22-8-9-23-17)10-15(14)18-16(20)21-12-13-4-2-1-3-5-13/h1-5,11,14-15H,6-10,12H2,(H,18,20)/t14-,15+/m0/s1. The lowest BCUT2D eigenvalue weighted by molar-refractivity contribution is -0.187. The van der Waals surface area contributed by atoms with Crippen molar-refractivity contribution < 1.29 is 23.8 Å². The Kier molecular flexibility index (Phi) is 4.93. The van der Waals surface area contributed by atoms with Crippen LogP contribution in [0.15, 0.2) is 30.3 Å². The molecule has 0 bridgehead atoms. The Morgan fingerprint density at radius 2 is 2.04 bits per heavy atom. The number of amides is 1. The molecule has 0 aromatic heterocycles. The third-order valence-corrected chi connectivity index (χ3v) is 4.41. The fourth-order valence-corrected chi connectivity index (χ4v) is 3.17. The van der Waals surface area contributed by atoms with Crippen molar-refractivity contribution in [2.75, 3.05) is 13.2 Å². The van der Waals surface area contributed by atoms with Gasteiger partial charge in [-0.3, -0.25) is 0 Å². The maximum Gasteiger partial charge on any atom is 0.407 e. The zero-order valence-electron chi connectivity index (χ0n) is 12.9. The smallest absolute Gasteiger partial charge is 0.407 e. The van der Waals surface area contributed by atoms with Gasteiger partial charge < -0.3 is 24.3 Å². The van der Waals surface area contributed by atoms with Crippen LogP contribution in [0, 0.1) is 5.92 Å². The first-order chi connectivity index (χ1) is 11.2. The number of ether oxygens (including phenoxy) is 3. The number of rotatable bonds is 4. The monoisotopic (exact) mass is 319 g/mol. The van der Waals surface area contributed by atoms with Crippen molar-refractivity contribution in [1.29, 1.82) is 0 Å². The summed E-state index contributed by atoms with van der Waals surface area (Å²) in [4.78, 5) is 23.3.